The van der Waals surface area contributed by atoms with Gasteiger partial charge < -0.3 is 15.2 Å². The summed E-state index contributed by atoms with van der Waals surface area (Å²) in [7, 11) is 0. The second-order valence-electron chi connectivity index (χ2n) is 4.76. The van der Waals surface area contributed by atoms with Gasteiger partial charge in [0.25, 0.3) is 0 Å². The molecule has 0 unspecified atom stereocenters. The van der Waals surface area contributed by atoms with Gasteiger partial charge in [0.1, 0.15) is 0 Å². The number of nitrogens with one attached hydrogen (secondary N) is 1. The summed E-state index contributed by atoms with van der Waals surface area (Å²) in [5.74, 6) is 1.71. The number of nitrogens with zero attached hydrogens (tertiary/aromatic N) is 2. The van der Waals surface area contributed by atoms with Crippen LogP contribution in [0.1, 0.15) is 26.7 Å². The lowest BCUT2D eigenvalue weighted by atomic mass is 9.82. The van der Waals surface area contributed by atoms with Crippen molar-refractivity contribution in [2.75, 3.05) is 11.9 Å². The Kier molecular flexibility index (Phi) is 3.78. The van der Waals surface area contributed by atoms with E-state index >= 15 is 0 Å². The van der Waals surface area contributed by atoms with Crippen molar-refractivity contribution in [1.29, 1.82) is 0 Å². The van der Waals surface area contributed by atoms with E-state index in [-0.39, 0.29) is 12.2 Å². The van der Waals surface area contributed by atoms with Gasteiger partial charge in [-0.25, -0.2) is 4.98 Å². The number of aliphatic hydroxyl groups excluding tert-OH is 1. The molecule has 0 bridgehead atoms. The Bertz CT molecular complexity index is 365. The van der Waals surface area contributed by atoms with Gasteiger partial charge in [-0.05, 0) is 32.6 Å². The van der Waals surface area contributed by atoms with Gasteiger partial charge in [-0.15, -0.1) is 0 Å². The van der Waals surface area contributed by atoms with Crippen LogP contribution >= 0.6 is 0 Å². The Hall–Kier alpha value is -1.36. The van der Waals surface area contributed by atoms with Gasteiger partial charge in [-0.1, -0.05) is 0 Å². The van der Waals surface area contributed by atoms with Gasteiger partial charge >= 0.3 is 0 Å². The minimum atomic E-state index is -0.113. The molecular formula is C12H19N3O2. The molecule has 0 aliphatic heterocycles. The minimum absolute atomic E-state index is 0.111. The van der Waals surface area contributed by atoms with Gasteiger partial charge in [0.2, 0.25) is 11.8 Å². The lowest BCUT2D eigenvalue weighted by molar-refractivity contribution is 0.0486. The van der Waals surface area contributed by atoms with Crippen molar-refractivity contribution >= 4 is 5.95 Å². The van der Waals surface area contributed by atoms with E-state index in [0.29, 0.717) is 17.7 Å². The van der Waals surface area contributed by atoms with Crippen LogP contribution in [0.3, 0.4) is 0 Å². The molecule has 5 heteroatoms. The molecule has 1 aliphatic carbocycles. The van der Waals surface area contributed by atoms with Crippen LogP contribution < -0.4 is 10.1 Å². The summed E-state index contributed by atoms with van der Waals surface area (Å²) in [5, 5.41) is 12.3. The van der Waals surface area contributed by atoms with Crippen molar-refractivity contribution in [2.24, 2.45) is 5.92 Å². The molecule has 1 aromatic heterocycles. The second kappa shape index (κ2) is 5.31. The molecule has 1 saturated carbocycles. The smallest absolute Gasteiger partial charge is 0.225 e. The maximum Gasteiger partial charge on any atom is 0.225 e. The first-order chi connectivity index (χ1) is 8.13. The number of ether oxygens (including phenoxy) is 1. The predicted octanol–water partition coefficient (Wildman–Crippen LogP) is 1.45. The standard InChI is InChI=1S/C12H19N3O2/c1-8(2)17-11-3-4-13-12(15-11)14-7-9-5-10(16)6-9/h3-4,8-10,16H,5-7H2,1-2H3,(H,13,14,15). The quantitative estimate of drug-likeness (QED) is 0.811. The fraction of sp³-hybridized carbons (Fsp3) is 0.667. The Balaban J connectivity index is 1.83. The molecule has 2 N–H and O–H groups in total. The van der Waals surface area contributed by atoms with E-state index in [2.05, 4.69) is 15.3 Å². The van der Waals surface area contributed by atoms with Crippen molar-refractivity contribution < 1.29 is 9.84 Å². The van der Waals surface area contributed by atoms with Crippen molar-refractivity contribution in [3.63, 3.8) is 0 Å². The van der Waals surface area contributed by atoms with Crippen LogP contribution in [-0.2, 0) is 0 Å². The third kappa shape index (κ3) is 3.56. The number of aliphatic hydroxyl groups is 1. The van der Waals surface area contributed by atoms with Crippen molar-refractivity contribution in [3.8, 4) is 5.88 Å². The molecule has 0 radical (unpaired) electrons. The maximum atomic E-state index is 9.18. The highest BCUT2D eigenvalue weighted by molar-refractivity contribution is 5.27. The van der Waals surface area contributed by atoms with Gasteiger partial charge in [-0.3, -0.25) is 0 Å². The van der Waals surface area contributed by atoms with Crippen molar-refractivity contribution in [1.82, 2.24) is 9.97 Å². The van der Waals surface area contributed by atoms with Crippen LogP contribution in [0.25, 0.3) is 0 Å². The zero-order valence-corrected chi connectivity index (χ0v) is 10.3. The van der Waals surface area contributed by atoms with Crippen LogP contribution in [0, 0.1) is 5.92 Å². The molecule has 1 aliphatic rings. The summed E-state index contributed by atoms with van der Waals surface area (Å²) in [4.78, 5) is 8.39. The highest BCUT2D eigenvalue weighted by Crippen LogP contribution is 2.26. The Morgan fingerprint density at radius 2 is 2.29 bits per heavy atom. The molecule has 0 atom stereocenters. The number of anilines is 1. The molecule has 0 saturated heterocycles. The van der Waals surface area contributed by atoms with Gasteiger partial charge in [0.15, 0.2) is 0 Å². The minimum Gasteiger partial charge on any atom is -0.475 e. The number of rotatable bonds is 5. The monoisotopic (exact) mass is 237 g/mol. The molecule has 17 heavy (non-hydrogen) atoms. The molecule has 2 rings (SSSR count). The summed E-state index contributed by atoms with van der Waals surface area (Å²) in [6, 6.07) is 1.75. The predicted molar refractivity (Wildman–Crippen MR) is 65.0 cm³/mol. The van der Waals surface area contributed by atoms with E-state index in [1.165, 1.54) is 0 Å². The Morgan fingerprint density at radius 3 is 2.94 bits per heavy atom. The maximum absolute atomic E-state index is 9.18. The van der Waals surface area contributed by atoms with Gasteiger partial charge in [0.05, 0.1) is 12.2 Å². The molecule has 1 heterocycles. The van der Waals surface area contributed by atoms with Crippen LogP contribution in [0.15, 0.2) is 12.3 Å². The molecule has 0 amide bonds. The lowest BCUT2D eigenvalue weighted by Gasteiger charge is -2.31. The highest BCUT2D eigenvalue weighted by atomic mass is 16.5. The van der Waals surface area contributed by atoms with E-state index in [4.69, 9.17) is 4.74 Å². The topological polar surface area (TPSA) is 67.3 Å². The third-order valence-electron chi connectivity index (χ3n) is 2.75. The van der Waals surface area contributed by atoms with E-state index in [1.54, 1.807) is 12.3 Å². The van der Waals surface area contributed by atoms with Crippen molar-refractivity contribution in [2.45, 2.75) is 38.9 Å². The largest absolute Gasteiger partial charge is 0.475 e. The van der Waals surface area contributed by atoms with E-state index < -0.39 is 0 Å². The summed E-state index contributed by atoms with van der Waals surface area (Å²) < 4.78 is 5.49. The molecule has 0 spiro atoms. The number of hydrogen-bond donors (Lipinski definition) is 2. The summed E-state index contributed by atoms with van der Waals surface area (Å²) in [5.41, 5.74) is 0. The van der Waals surface area contributed by atoms with E-state index in [9.17, 15) is 5.11 Å². The first-order valence-electron chi connectivity index (χ1n) is 6.05. The van der Waals surface area contributed by atoms with Crippen LogP contribution in [-0.4, -0.2) is 33.8 Å². The van der Waals surface area contributed by atoms with E-state index in [0.717, 1.165) is 19.4 Å². The molecule has 0 aromatic carbocycles. The van der Waals surface area contributed by atoms with E-state index in [1.807, 2.05) is 13.8 Å². The Morgan fingerprint density at radius 1 is 1.53 bits per heavy atom. The highest BCUT2D eigenvalue weighted by Gasteiger charge is 2.26. The third-order valence-corrected chi connectivity index (χ3v) is 2.75. The number of aromatic nitrogens is 2. The molecular weight excluding hydrogens is 218 g/mol. The first-order valence-corrected chi connectivity index (χ1v) is 6.05. The fourth-order valence-electron chi connectivity index (χ4n) is 1.84. The summed E-state index contributed by atoms with van der Waals surface area (Å²) in [6.45, 7) is 4.73. The SMILES string of the molecule is CC(C)Oc1ccnc(NCC2CC(O)C2)n1. The van der Waals surface area contributed by atoms with Crippen LogP contribution in [0.5, 0.6) is 5.88 Å². The molecule has 1 aromatic rings. The first kappa shape index (κ1) is 12.1. The lowest BCUT2D eigenvalue weighted by Crippen LogP contribution is -2.33. The normalized spacial score (nSPS) is 23.3. The summed E-state index contributed by atoms with van der Waals surface area (Å²) >= 11 is 0. The van der Waals surface area contributed by atoms with Gasteiger partial charge in [-0.2, -0.15) is 4.98 Å². The summed E-state index contributed by atoms with van der Waals surface area (Å²) in [6.07, 6.45) is 3.42. The molecule has 1 fully saturated rings. The molecule has 5 nitrogen and oxygen atoms in total. The zero-order valence-electron chi connectivity index (χ0n) is 10.3. The fourth-order valence-corrected chi connectivity index (χ4v) is 1.84. The number of hydrogen-bond acceptors (Lipinski definition) is 5. The average Bonchev–Trinajstić information content (AvgIpc) is 2.22. The van der Waals surface area contributed by atoms with Crippen molar-refractivity contribution in [3.05, 3.63) is 12.3 Å². The van der Waals surface area contributed by atoms with Crippen LogP contribution in [0.4, 0.5) is 5.95 Å². The second-order valence-corrected chi connectivity index (χ2v) is 4.76. The zero-order chi connectivity index (χ0) is 12.3. The average molecular weight is 237 g/mol. The Labute approximate surface area is 101 Å². The molecule has 94 valence electrons. The van der Waals surface area contributed by atoms with Gasteiger partial charge in [0, 0.05) is 18.8 Å². The van der Waals surface area contributed by atoms with Crippen LogP contribution in [0.2, 0.25) is 0 Å².